The van der Waals surface area contributed by atoms with Crippen molar-refractivity contribution in [2.75, 3.05) is 5.73 Å². The molecule has 0 atom stereocenters. The minimum atomic E-state index is -0.0400. The average Bonchev–Trinajstić information content (AvgIpc) is 2.82. The number of rotatable bonds is 3. The lowest BCUT2D eigenvalue weighted by Gasteiger charge is -2.00. The molecule has 0 unspecified atom stereocenters. The zero-order valence-electron chi connectivity index (χ0n) is 10.3. The van der Waals surface area contributed by atoms with Gasteiger partial charge in [0.25, 0.3) is 0 Å². The van der Waals surface area contributed by atoms with E-state index in [0.717, 1.165) is 16.5 Å². The summed E-state index contributed by atoms with van der Waals surface area (Å²) in [6, 6.07) is 16.7. The third-order valence-electron chi connectivity index (χ3n) is 3.02. The van der Waals surface area contributed by atoms with E-state index in [-0.39, 0.29) is 5.78 Å². The second kappa shape index (κ2) is 4.61. The quantitative estimate of drug-likeness (QED) is 0.573. The fourth-order valence-electron chi connectivity index (χ4n) is 2.09. The molecule has 0 amide bonds. The second-order valence-corrected chi connectivity index (χ2v) is 4.49. The summed E-state index contributed by atoms with van der Waals surface area (Å²) in [5.74, 6) is 0.352. The highest BCUT2D eigenvalue weighted by Gasteiger charge is 2.12. The number of furan rings is 1. The summed E-state index contributed by atoms with van der Waals surface area (Å²) >= 11 is 0. The van der Waals surface area contributed by atoms with Gasteiger partial charge >= 0.3 is 0 Å². The summed E-state index contributed by atoms with van der Waals surface area (Å²) in [7, 11) is 0. The van der Waals surface area contributed by atoms with Gasteiger partial charge in [-0.25, -0.2) is 0 Å². The zero-order valence-corrected chi connectivity index (χ0v) is 10.3. The highest BCUT2D eigenvalue weighted by Crippen LogP contribution is 2.20. The number of carbonyl (C=O) groups excluding carboxylic acids is 1. The van der Waals surface area contributed by atoms with E-state index in [4.69, 9.17) is 10.2 Å². The maximum atomic E-state index is 12.2. The van der Waals surface area contributed by atoms with Gasteiger partial charge < -0.3 is 10.2 Å². The maximum Gasteiger partial charge on any atom is 0.202 e. The maximum absolute atomic E-state index is 12.2. The second-order valence-electron chi connectivity index (χ2n) is 4.49. The zero-order chi connectivity index (χ0) is 13.2. The third-order valence-corrected chi connectivity index (χ3v) is 3.02. The molecule has 1 heterocycles. The van der Waals surface area contributed by atoms with E-state index < -0.39 is 0 Å². The summed E-state index contributed by atoms with van der Waals surface area (Å²) in [4.78, 5) is 12.2. The van der Waals surface area contributed by atoms with Gasteiger partial charge in [-0.15, -0.1) is 0 Å². The lowest BCUT2D eigenvalue weighted by Crippen LogP contribution is -2.02. The Labute approximate surface area is 110 Å². The van der Waals surface area contributed by atoms with Crippen LogP contribution in [-0.2, 0) is 6.42 Å². The van der Waals surface area contributed by atoms with Crippen molar-refractivity contribution in [3.63, 3.8) is 0 Å². The summed E-state index contributed by atoms with van der Waals surface area (Å²) in [6.45, 7) is 0. The minimum absolute atomic E-state index is 0.0400. The predicted molar refractivity (Wildman–Crippen MR) is 75.1 cm³/mol. The summed E-state index contributed by atoms with van der Waals surface area (Å²) in [5, 5.41) is 0.943. The monoisotopic (exact) mass is 251 g/mol. The Kier molecular flexibility index (Phi) is 2.80. The summed E-state index contributed by atoms with van der Waals surface area (Å²) < 4.78 is 5.55. The van der Waals surface area contributed by atoms with Crippen LogP contribution < -0.4 is 5.73 Å². The molecule has 0 spiro atoms. The van der Waals surface area contributed by atoms with Gasteiger partial charge in [0.1, 0.15) is 5.58 Å². The molecule has 19 heavy (non-hydrogen) atoms. The van der Waals surface area contributed by atoms with Crippen molar-refractivity contribution in [1.82, 2.24) is 0 Å². The topological polar surface area (TPSA) is 56.2 Å². The standard InChI is InChI=1S/C16H13NO2/c17-13-6-3-4-11(8-13)9-14(18)16-10-12-5-1-2-7-15(12)19-16/h1-8,10H,9,17H2. The van der Waals surface area contributed by atoms with E-state index in [2.05, 4.69) is 0 Å². The lowest BCUT2D eigenvalue weighted by atomic mass is 10.1. The van der Waals surface area contributed by atoms with Gasteiger partial charge in [0.15, 0.2) is 5.76 Å². The number of hydrogen-bond donors (Lipinski definition) is 1. The highest BCUT2D eigenvalue weighted by molar-refractivity contribution is 5.98. The molecule has 3 heteroatoms. The SMILES string of the molecule is Nc1cccc(CC(=O)c2cc3ccccc3o2)c1. The number of nitrogens with two attached hydrogens (primary N) is 1. The van der Waals surface area contributed by atoms with Crippen LogP contribution in [0.3, 0.4) is 0 Å². The molecule has 94 valence electrons. The van der Waals surface area contributed by atoms with E-state index in [1.54, 1.807) is 18.2 Å². The van der Waals surface area contributed by atoms with Gasteiger partial charge in [-0.3, -0.25) is 4.79 Å². The van der Waals surface area contributed by atoms with Crippen molar-refractivity contribution in [2.45, 2.75) is 6.42 Å². The normalized spacial score (nSPS) is 10.7. The molecule has 0 bridgehead atoms. The Morgan fingerprint density at radius 2 is 1.89 bits per heavy atom. The van der Waals surface area contributed by atoms with Gasteiger partial charge in [-0.05, 0) is 29.8 Å². The molecule has 2 N–H and O–H groups in total. The first kappa shape index (κ1) is 11.5. The molecule has 3 aromatic rings. The Morgan fingerprint density at radius 3 is 2.68 bits per heavy atom. The van der Waals surface area contributed by atoms with Crippen molar-refractivity contribution in [3.8, 4) is 0 Å². The molecule has 0 aliphatic rings. The summed E-state index contributed by atoms with van der Waals surface area (Å²) in [6.07, 6.45) is 0.296. The number of carbonyl (C=O) groups is 1. The number of fused-ring (bicyclic) bond motifs is 1. The van der Waals surface area contributed by atoms with E-state index >= 15 is 0 Å². The van der Waals surface area contributed by atoms with Gasteiger partial charge in [0, 0.05) is 17.5 Å². The van der Waals surface area contributed by atoms with Gasteiger partial charge in [-0.2, -0.15) is 0 Å². The molecule has 2 aromatic carbocycles. The van der Waals surface area contributed by atoms with Crippen molar-refractivity contribution >= 4 is 22.4 Å². The molecule has 3 nitrogen and oxygen atoms in total. The van der Waals surface area contributed by atoms with Crippen LogP contribution in [0.5, 0.6) is 0 Å². The minimum Gasteiger partial charge on any atom is -0.453 e. The molecular weight excluding hydrogens is 238 g/mol. The smallest absolute Gasteiger partial charge is 0.202 e. The molecule has 0 saturated carbocycles. The molecule has 0 radical (unpaired) electrons. The molecule has 0 aliphatic heterocycles. The van der Waals surface area contributed by atoms with Gasteiger partial charge in [-0.1, -0.05) is 30.3 Å². The predicted octanol–water partition coefficient (Wildman–Crippen LogP) is 3.44. The number of nitrogen functional groups attached to an aromatic ring is 1. The largest absolute Gasteiger partial charge is 0.453 e. The number of benzene rings is 2. The molecule has 1 aromatic heterocycles. The first-order valence-electron chi connectivity index (χ1n) is 6.08. The molecule has 3 rings (SSSR count). The molecule has 0 fully saturated rings. The third kappa shape index (κ3) is 2.36. The Hall–Kier alpha value is -2.55. The van der Waals surface area contributed by atoms with Crippen LogP contribution in [0.25, 0.3) is 11.0 Å². The number of para-hydroxylation sites is 1. The van der Waals surface area contributed by atoms with Gasteiger partial charge in [0.2, 0.25) is 5.78 Å². The Balaban J connectivity index is 1.87. The van der Waals surface area contributed by atoms with Crippen LogP contribution in [0.4, 0.5) is 5.69 Å². The highest BCUT2D eigenvalue weighted by atomic mass is 16.3. The van der Waals surface area contributed by atoms with E-state index in [1.807, 2.05) is 36.4 Å². The van der Waals surface area contributed by atoms with Crippen LogP contribution in [0.2, 0.25) is 0 Å². The fraction of sp³-hybridized carbons (Fsp3) is 0.0625. The van der Waals surface area contributed by atoms with Crippen molar-refractivity contribution < 1.29 is 9.21 Å². The van der Waals surface area contributed by atoms with Crippen molar-refractivity contribution in [1.29, 1.82) is 0 Å². The van der Waals surface area contributed by atoms with E-state index in [9.17, 15) is 4.79 Å². The molecule has 0 aliphatic carbocycles. The number of anilines is 1. The molecular formula is C16H13NO2. The first-order valence-corrected chi connectivity index (χ1v) is 6.08. The average molecular weight is 251 g/mol. The van der Waals surface area contributed by atoms with E-state index in [1.165, 1.54) is 0 Å². The van der Waals surface area contributed by atoms with Gasteiger partial charge in [0.05, 0.1) is 0 Å². The number of hydrogen-bond acceptors (Lipinski definition) is 3. The lowest BCUT2D eigenvalue weighted by molar-refractivity contribution is 0.0968. The molecule has 0 saturated heterocycles. The van der Waals surface area contributed by atoms with Crippen molar-refractivity contribution in [2.24, 2.45) is 0 Å². The number of Topliss-reactive ketones (excluding diaryl/α,β-unsaturated/α-hetero) is 1. The fourth-order valence-corrected chi connectivity index (χ4v) is 2.09. The van der Waals surface area contributed by atoms with Crippen LogP contribution in [0, 0.1) is 0 Å². The first-order chi connectivity index (χ1) is 9.22. The Morgan fingerprint density at radius 1 is 1.05 bits per heavy atom. The van der Waals surface area contributed by atoms with Crippen LogP contribution in [0.15, 0.2) is 59.0 Å². The van der Waals surface area contributed by atoms with E-state index in [0.29, 0.717) is 17.9 Å². The Bertz CT molecular complexity index is 710. The number of ketones is 1. The van der Waals surface area contributed by atoms with Crippen LogP contribution >= 0.6 is 0 Å². The van der Waals surface area contributed by atoms with Crippen molar-refractivity contribution in [3.05, 3.63) is 65.9 Å². The summed E-state index contributed by atoms with van der Waals surface area (Å²) in [5.41, 5.74) is 7.99. The van der Waals surface area contributed by atoms with Crippen LogP contribution in [0.1, 0.15) is 16.1 Å². The van der Waals surface area contributed by atoms with Crippen LogP contribution in [-0.4, -0.2) is 5.78 Å².